The number of nitrogens with zero attached hydrogens (tertiary/aromatic N) is 4. The van der Waals surface area contributed by atoms with Gasteiger partial charge in [0.25, 0.3) is 5.69 Å². The summed E-state index contributed by atoms with van der Waals surface area (Å²) in [6.07, 6.45) is 1.77. The van der Waals surface area contributed by atoms with Crippen LogP contribution >= 0.6 is 24.0 Å². The maximum atomic E-state index is 14.9. The number of non-ortho nitro benzene ring substituents is 1. The van der Waals surface area contributed by atoms with Crippen molar-refractivity contribution in [2.45, 2.75) is 35.7 Å². The normalized spacial score (nSPS) is 16.5. The van der Waals surface area contributed by atoms with Crippen molar-refractivity contribution < 1.29 is 9.31 Å². The van der Waals surface area contributed by atoms with Crippen LogP contribution in [0.25, 0.3) is 5.69 Å². The number of halogens is 1. The second-order valence-corrected chi connectivity index (χ2v) is 11.5. The number of hydrogen-bond donors (Lipinski definition) is 1. The summed E-state index contributed by atoms with van der Waals surface area (Å²) < 4.78 is 16.9. The summed E-state index contributed by atoms with van der Waals surface area (Å²) in [5.74, 6) is -0.287. The van der Waals surface area contributed by atoms with Crippen LogP contribution in [0.15, 0.2) is 113 Å². The van der Waals surface area contributed by atoms with Gasteiger partial charge >= 0.3 is 0 Å². The Labute approximate surface area is 252 Å². The zero-order valence-electron chi connectivity index (χ0n) is 22.8. The molecule has 2 unspecified atom stereocenters. The number of aryl methyl sites for hydroxylation is 1. The minimum Gasteiger partial charge on any atom is -0.351 e. The summed E-state index contributed by atoms with van der Waals surface area (Å²) in [5, 5.41) is 15.1. The van der Waals surface area contributed by atoms with E-state index in [1.807, 2.05) is 66.9 Å². The summed E-state index contributed by atoms with van der Waals surface area (Å²) >= 11 is 7.43. The quantitative estimate of drug-likeness (QED) is 0.117. The molecule has 7 nitrogen and oxygen atoms in total. The number of para-hydroxylation sites is 1. The highest BCUT2D eigenvalue weighted by atomic mass is 32.2. The summed E-state index contributed by atoms with van der Waals surface area (Å²) in [4.78, 5) is 19.2. The largest absolute Gasteiger partial charge is 0.351 e. The Morgan fingerprint density at radius 1 is 0.952 bits per heavy atom. The van der Waals surface area contributed by atoms with Crippen molar-refractivity contribution in [3.63, 3.8) is 0 Å². The molecule has 10 heteroatoms. The van der Waals surface area contributed by atoms with E-state index < -0.39 is 4.92 Å². The molecule has 1 N–H and O–H groups in total. The molecule has 42 heavy (non-hydrogen) atoms. The summed E-state index contributed by atoms with van der Waals surface area (Å²) in [6.45, 7) is 3.99. The summed E-state index contributed by atoms with van der Waals surface area (Å²) in [7, 11) is 0. The smallest absolute Gasteiger partial charge is 0.269 e. The molecule has 6 rings (SSSR count). The molecule has 1 fully saturated rings. The van der Waals surface area contributed by atoms with Crippen LogP contribution in [0.3, 0.4) is 0 Å². The first-order chi connectivity index (χ1) is 20.3. The van der Waals surface area contributed by atoms with Gasteiger partial charge in [-0.25, -0.2) is 4.39 Å². The van der Waals surface area contributed by atoms with Crippen molar-refractivity contribution in [2.24, 2.45) is 0 Å². The fourth-order valence-corrected chi connectivity index (χ4v) is 6.65. The number of hydrogen-bond acceptors (Lipinski definition) is 5. The Hall–Kier alpha value is -4.54. The van der Waals surface area contributed by atoms with Crippen LogP contribution < -0.4 is 10.2 Å². The number of pyridine rings is 1. The third-order valence-corrected chi connectivity index (χ3v) is 8.71. The number of nitrogens with one attached hydrogen (secondary N) is 1. The van der Waals surface area contributed by atoms with Gasteiger partial charge in [0, 0.05) is 45.2 Å². The maximum absolute atomic E-state index is 14.9. The molecule has 3 heterocycles. The molecule has 1 aliphatic heterocycles. The Morgan fingerprint density at radius 2 is 1.62 bits per heavy atom. The van der Waals surface area contributed by atoms with Crippen LogP contribution in [0.5, 0.6) is 0 Å². The van der Waals surface area contributed by atoms with Crippen LogP contribution in [0.2, 0.25) is 0 Å². The van der Waals surface area contributed by atoms with Crippen LogP contribution in [-0.4, -0.2) is 19.6 Å². The molecule has 210 valence electrons. The Kier molecular flexibility index (Phi) is 7.49. The number of nitro benzene ring substituents is 1. The molecule has 0 bridgehead atoms. The molecule has 3 aromatic carbocycles. The molecule has 5 aromatic rings. The number of thiocarbonyl (C=S) groups is 1. The maximum Gasteiger partial charge on any atom is 0.269 e. The van der Waals surface area contributed by atoms with Gasteiger partial charge in [0.05, 0.1) is 28.4 Å². The highest BCUT2D eigenvalue weighted by Crippen LogP contribution is 2.44. The van der Waals surface area contributed by atoms with E-state index >= 15 is 0 Å². The van der Waals surface area contributed by atoms with Gasteiger partial charge in [-0.05, 0) is 98.4 Å². The molecule has 0 amide bonds. The zero-order chi connectivity index (χ0) is 29.4. The Balaban J connectivity index is 1.38. The predicted molar refractivity (Wildman–Crippen MR) is 167 cm³/mol. The van der Waals surface area contributed by atoms with Gasteiger partial charge in [-0.3, -0.25) is 15.1 Å². The van der Waals surface area contributed by atoms with Gasteiger partial charge < -0.3 is 14.8 Å². The SMILES string of the molecule is Cc1cc(C2C(c3ccccn3)NC(=S)N2c2ccc(Sc3ccc([N+](=O)[O-])cc3)cc2)c(C)n1-c1ccccc1F. The lowest BCUT2D eigenvalue weighted by molar-refractivity contribution is -0.384. The molecule has 2 aromatic heterocycles. The van der Waals surface area contributed by atoms with Gasteiger partial charge in [0.2, 0.25) is 0 Å². The first-order valence-corrected chi connectivity index (χ1v) is 14.5. The standard InChI is InChI=1S/C32H26FN5O2S2/c1-20-19-26(21(2)36(20)29-9-4-3-7-27(29)33)31-30(28-8-5-6-18-34-28)35-32(41)37(31)22-10-14-24(15-11-22)42-25-16-12-23(13-17-25)38(39)40/h3-19,30-31H,1-2H3,(H,35,41). The Bertz CT molecular complexity index is 1780. The molecule has 0 radical (unpaired) electrons. The third kappa shape index (κ3) is 5.15. The average Bonchev–Trinajstić information content (AvgIpc) is 3.49. The van der Waals surface area contributed by atoms with E-state index in [0.29, 0.717) is 10.8 Å². The van der Waals surface area contributed by atoms with Crippen LogP contribution in [0.4, 0.5) is 15.8 Å². The highest BCUT2D eigenvalue weighted by molar-refractivity contribution is 7.99. The van der Waals surface area contributed by atoms with Gasteiger partial charge in [-0.2, -0.15) is 0 Å². The van der Waals surface area contributed by atoms with E-state index in [0.717, 1.165) is 38.1 Å². The average molecular weight is 596 g/mol. The number of benzene rings is 3. The minimum atomic E-state index is -0.404. The van der Waals surface area contributed by atoms with Crippen molar-refractivity contribution in [3.8, 4) is 5.69 Å². The third-order valence-electron chi connectivity index (χ3n) is 7.38. The van der Waals surface area contributed by atoms with Gasteiger partial charge in [-0.15, -0.1) is 0 Å². The number of nitro groups is 1. The first-order valence-electron chi connectivity index (χ1n) is 13.3. The number of anilines is 1. The van der Waals surface area contributed by atoms with Crippen LogP contribution in [-0.2, 0) is 0 Å². The molecule has 1 aliphatic rings. The molecular formula is C32H26FN5O2S2. The van der Waals surface area contributed by atoms with Crippen molar-refractivity contribution in [1.82, 2.24) is 14.9 Å². The molecule has 2 atom stereocenters. The summed E-state index contributed by atoms with van der Waals surface area (Å²) in [5.41, 5.74) is 5.18. The first kappa shape index (κ1) is 27.6. The van der Waals surface area contributed by atoms with E-state index in [2.05, 4.69) is 21.3 Å². The van der Waals surface area contributed by atoms with Gasteiger partial charge in [0.15, 0.2) is 5.11 Å². The van der Waals surface area contributed by atoms with Crippen molar-refractivity contribution >= 4 is 40.5 Å². The van der Waals surface area contributed by atoms with E-state index in [-0.39, 0.29) is 23.6 Å². The number of aromatic nitrogens is 2. The second kappa shape index (κ2) is 11.4. The predicted octanol–water partition coefficient (Wildman–Crippen LogP) is 7.86. The lowest BCUT2D eigenvalue weighted by Crippen LogP contribution is -2.29. The molecule has 0 spiro atoms. The molecule has 0 saturated carbocycles. The van der Waals surface area contributed by atoms with Crippen molar-refractivity contribution in [1.29, 1.82) is 0 Å². The molecular weight excluding hydrogens is 570 g/mol. The van der Waals surface area contributed by atoms with Crippen LogP contribution in [0.1, 0.15) is 34.7 Å². The van der Waals surface area contributed by atoms with Gasteiger partial charge in [0.1, 0.15) is 5.82 Å². The van der Waals surface area contributed by atoms with E-state index in [1.54, 1.807) is 30.5 Å². The molecule has 0 aliphatic carbocycles. The second-order valence-electron chi connectivity index (χ2n) is 9.96. The summed E-state index contributed by atoms with van der Waals surface area (Å²) in [6, 6.07) is 28.8. The van der Waals surface area contributed by atoms with Crippen molar-refractivity contribution in [3.05, 3.63) is 142 Å². The van der Waals surface area contributed by atoms with E-state index in [1.165, 1.54) is 30.0 Å². The lowest BCUT2D eigenvalue weighted by atomic mass is 9.96. The molecule has 1 saturated heterocycles. The fourth-order valence-electron chi connectivity index (χ4n) is 5.49. The van der Waals surface area contributed by atoms with Crippen LogP contribution in [0, 0.1) is 29.8 Å². The number of rotatable bonds is 7. The van der Waals surface area contributed by atoms with E-state index in [4.69, 9.17) is 12.2 Å². The fraction of sp³-hybridized carbons (Fsp3) is 0.125. The van der Waals surface area contributed by atoms with E-state index in [9.17, 15) is 14.5 Å². The minimum absolute atomic E-state index is 0.0626. The highest BCUT2D eigenvalue weighted by Gasteiger charge is 2.42. The monoisotopic (exact) mass is 595 g/mol. The van der Waals surface area contributed by atoms with Crippen molar-refractivity contribution in [2.75, 3.05) is 4.90 Å². The lowest BCUT2D eigenvalue weighted by Gasteiger charge is -2.28. The topological polar surface area (TPSA) is 76.2 Å². The van der Waals surface area contributed by atoms with Gasteiger partial charge in [-0.1, -0.05) is 30.0 Å². The zero-order valence-corrected chi connectivity index (χ0v) is 24.4. The Morgan fingerprint density at radius 3 is 2.26 bits per heavy atom.